The largest absolute Gasteiger partial charge is 0.487 e. The van der Waals surface area contributed by atoms with Crippen LogP contribution in [0.4, 0.5) is 0 Å². The van der Waals surface area contributed by atoms with Crippen LogP contribution in [0.1, 0.15) is 74.0 Å². The van der Waals surface area contributed by atoms with Gasteiger partial charge in [-0.05, 0) is 50.3 Å². The number of likely N-dealkylation sites (tertiary alicyclic amines) is 1. The van der Waals surface area contributed by atoms with E-state index in [0.29, 0.717) is 68.4 Å². The molecule has 1 aromatic carbocycles. The van der Waals surface area contributed by atoms with Gasteiger partial charge in [0.2, 0.25) is 11.8 Å². The van der Waals surface area contributed by atoms with Crippen LogP contribution in [-0.4, -0.2) is 74.4 Å². The summed E-state index contributed by atoms with van der Waals surface area (Å²) in [6, 6.07) is 3.06. The first-order valence-corrected chi connectivity index (χ1v) is 14.7. The average Bonchev–Trinajstić information content (AvgIpc) is 3.52. The van der Waals surface area contributed by atoms with Crippen molar-refractivity contribution in [2.75, 3.05) is 26.7 Å². The van der Waals surface area contributed by atoms with Crippen molar-refractivity contribution < 1.29 is 29.0 Å². The fraction of sp³-hybridized carbons (Fsp3) is 0.621. The van der Waals surface area contributed by atoms with Crippen molar-refractivity contribution in [2.24, 2.45) is 18.4 Å². The molecule has 222 valence electrons. The first kappa shape index (κ1) is 29.3. The number of methoxy groups -OCH3 is 1. The number of halogens is 1. The molecular formula is C29H38ClN5O6. The highest BCUT2D eigenvalue weighted by Gasteiger charge is 2.50. The molecule has 0 bridgehead atoms. The normalized spacial score (nSPS) is 24.4. The third kappa shape index (κ3) is 5.53. The Kier molecular flexibility index (Phi) is 8.56. The molecule has 0 spiro atoms. The van der Waals surface area contributed by atoms with Crippen molar-refractivity contribution in [3.8, 4) is 5.75 Å². The van der Waals surface area contributed by atoms with Crippen molar-refractivity contribution >= 4 is 29.4 Å². The number of carbonyl (C=O) groups is 3. The average molecular weight is 588 g/mol. The van der Waals surface area contributed by atoms with E-state index in [1.807, 2.05) is 0 Å². The Labute approximate surface area is 244 Å². The third-order valence-electron chi connectivity index (χ3n) is 9.08. The summed E-state index contributed by atoms with van der Waals surface area (Å²) in [5.41, 5.74) is 1.93. The van der Waals surface area contributed by atoms with E-state index in [0.717, 1.165) is 36.1 Å². The number of ether oxygens (including phenoxy) is 2. The number of nitrogens with zero attached hydrogens (tertiary/aromatic N) is 5. The smallest absolute Gasteiger partial charge is 0.310 e. The van der Waals surface area contributed by atoms with E-state index in [9.17, 15) is 19.5 Å². The maximum atomic E-state index is 14.3. The van der Waals surface area contributed by atoms with Crippen LogP contribution in [0.2, 0.25) is 5.02 Å². The van der Waals surface area contributed by atoms with Crippen LogP contribution in [-0.2, 0) is 45.8 Å². The zero-order valence-corrected chi connectivity index (χ0v) is 24.7. The Morgan fingerprint density at radius 3 is 2.68 bits per heavy atom. The zero-order chi connectivity index (χ0) is 29.3. The van der Waals surface area contributed by atoms with E-state index >= 15 is 0 Å². The number of carboxylic acids is 1. The predicted molar refractivity (Wildman–Crippen MR) is 149 cm³/mol. The molecule has 1 N–H and O–H groups in total. The van der Waals surface area contributed by atoms with Crippen LogP contribution < -0.4 is 4.74 Å². The Bertz CT molecular complexity index is 1330. The van der Waals surface area contributed by atoms with Gasteiger partial charge < -0.3 is 24.4 Å². The molecule has 5 rings (SSSR count). The van der Waals surface area contributed by atoms with Crippen molar-refractivity contribution in [3.63, 3.8) is 0 Å². The van der Waals surface area contributed by atoms with Gasteiger partial charge in [0, 0.05) is 50.8 Å². The molecule has 12 heteroatoms. The number of rotatable bonds is 9. The summed E-state index contributed by atoms with van der Waals surface area (Å²) in [7, 11) is 3.39. The van der Waals surface area contributed by atoms with Crippen LogP contribution in [0, 0.1) is 11.3 Å². The number of aromatic nitrogens is 3. The fourth-order valence-electron chi connectivity index (χ4n) is 6.64. The molecule has 1 saturated heterocycles. The number of hydrogen-bond acceptors (Lipinski definition) is 7. The van der Waals surface area contributed by atoms with Crippen molar-refractivity contribution in [3.05, 3.63) is 39.7 Å². The molecule has 1 saturated carbocycles. The molecule has 11 nitrogen and oxygen atoms in total. The lowest BCUT2D eigenvalue weighted by molar-refractivity contribution is -0.162. The second-order valence-corrected chi connectivity index (χ2v) is 11.9. The summed E-state index contributed by atoms with van der Waals surface area (Å²) in [6.07, 6.45) is 4.30. The molecule has 2 unspecified atom stereocenters. The number of carbonyl (C=O) groups excluding carboxylic acids is 2. The van der Waals surface area contributed by atoms with Crippen LogP contribution in [0.3, 0.4) is 0 Å². The monoisotopic (exact) mass is 587 g/mol. The van der Waals surface area contributed by atoms with Gasteiger partial charge in [-0.25, -0.2) is 4.68 Å². The second-order valence-electron chi connectivity index (χ2n) is 11.5. The lowest BCUT2D eigenvalue weighted by Crippen LogP contribution is -2.52. The molecule has 2 aromatic rings. The van der Waals surface area contributed by atoms with Crippen LogP contribution in [0.15, 0.2) is 12.1 Å². The maximum absolute atomic E-state index is 14.3. The molecule has 2 amide bonds. The Balaban J connectivity index is 1.52. The fourth-order valence-corrected chi connectivity index (χ4v) is 6.90. The number of amides is 2. The molecule has 2 aliphatic heterocycles. The highest BCUT2D eigenvalue weighted by atomic mass is 35.5. The summed E-state index contributed by atoms with van der Waals surface area (Å²) in [5, 5.41) is 19.0. The van der Waals surface area contributed by atoms with Gasteiger partial charge in [-0.2, -0.15) is 0 Å². The Morgan fingerprint density at radius 2 is 1.98 bits per heavy atom. The van der Waals surface area contributed by atoms with Gasteiger partial charge in [-0.3, -0.25) is 14.4 Å². The molecule has 3 aliphatic rings. The SMILES string of the molecule is COCc1c(COc2ccc(Cl)c3c2[C@@H](CN2CCCC2=O)N(C(=O)C2CCCCC2(C)C(=O)O)CC3)nnn1C. The van der Waals surface area contributed by atoms with Crippen LogP contribution >= 0.6 is 11.6 Å². The number of carboxylic acid groups (broad SMARTS) is 1. The molecule has 3 heterocycles. The van der Waals surface area contributed by atoms with Gasteiger partial charge >= 0.3 is 5.97 Å². The van der Waals surface area contributed by atoms with Gasteiger partial charge in [0.25, 0.3) is 0 Å². The number of aryl methyl sites for hydroxylation is 1. The molecule has 2 fully saturated rings. The van der Waals surface area contributed by atoms with Crippen molar-refractivity contribution in [1.82, 2.24) is 24.8 Å². The second kappa shape index (κ2) is 12.0. The lowest BCUT2D eigenvalue weighted by atomic mass is 9.66. The molecule has 0 radical (unpaired) electrons. The quantitative estimate of drug-likeness (QED) is 0.472. The summed E-state index contributed by atoms with van der Waals surface area (Å²) < 4.78 is 13.3. The van der Waals surface area contributed by atoms with Gasteiger partial charge in [-0.1, -0.05) is 29.7 Å². The summed E-state index contributed by atoms with van der Waals surface area (Å²) in [6.45, 7) is 3.44. The van der Waals surface area contributed by atoms with E-state index in [4.69, 9.17) is 21.1 Å². The topological polar surface area (TPSA) is 127 Å². The minimum absolute atomic E-state index is 0.0471. The first-order valence-electron chi connectivity index (χ1n) is 14.3. The standard InChI is InChI=1S/C29H38ClN5O6/c1-29(28(38)39)12-5-4-7-19(29)27(37)35-14-11-18-20(30)9-10-24(26(18)22(35)15-34-13-6-8-25(34)36)41-16-21-23(17-40-3)33(2)32-31-21/h9-10,19,22H,4-8,11-17H2,1-3H3,(H,38,39)/t19?,22-,29?/m1/s1. The number of hydrogen-bond donors (Lipinski definition) is 1. The van der Waals surface area contributed by atoms with Crippen LogP contribution in [0.25, 0.3) is 0 Å². The summed E-state index contributed by atoms with van der Waals surface area (Å²) in [5.74, 6) is -1.17. The molecular weight excluding hydrogens is 550 g/mol. The zero-order valence-electron chi connectivity index (χ0n) is 23.9. The molecule has 3 atom stereocenters. The van der Waals surface area contributed by atoms with E-state index in [1.54, 1.807) is 47.7 Å². The van der Waals surface area contributed by atoms with Gasteiger partial charge in [-0.15, -0.1) is 5.10 Å². The maximum Gasteiger partial charge on any atom is 0.310 e. The van der Waals surface area contributed by atoms with Gasteiger partial charge in [0.05, 0.1) is 29.7 Å². The molecule has 41 heavy (non-hydrogen) atoms. The first-order chi connectivity index (χ1) is 19.7. The highest BCUT2D eigenvalue weighted by molar-refractivity contribution is 6.31. The Morgan fingerprint density at radius 1 is 1.17 bits per heavy atom. The summed E-state index contributed by atoms with van der Waals surface area (Å²) in [4.78, 5) is 43.0. The Hall–Kier alpha value is -3.18. The van der Waals surface area contributed by atoms with Crippen molar-refractivity contribution in [2.45, 2.75) is 71.1 Å². The number of fused-ring (bicyclic) bond motifs is 1. The van der Waals surface area contributed by atoms with E-state index in [-0.39, 0.29) is 18.4 Å². The van der Waals surface area contributed by atoms with E-state index in [2.05, 4.69) is 10.3 Å². The van der Waals surface area contributed by atoms with Gasteiger partial charge in [0.1, 0.15) is 18.1 Å². The van der Waals surface area contributed by atoms with Crippen LogP contribution in [0.5, 0.6) is 5.75 Å². The number of benzene rings is 1. The van der Waals surface area contributed by atoms with Crippen molar-refractivity contribution in [1.29, 1.82) is 0 Å². The van der Waals surface area contributed by atoms with Gasteiger partial charge in [0.15, 0.2) is 0 Å². The van der Waals surface area contributed by atoms with E-state index in [1.165, 1.54) is 0 Å². The third-order valence-corrected chi connectivity index (χ3v) is 9.44. The molecule has 1 aliphatic carbocycles. The summed E-state index contributed by atoms with van der Waals surface area (Å²) >= 11 is 6.72. The lowest BCUT2D eigenvalue weighted by Gasteiger charge is -2.45. The minimum atomic E-state index is -1.14. The van der Waals surface area contributed by atoms with E-state index < -0.39 is 23.3 Å². The minimum Gasteiger partial charge on any atom is -0.487 e. The predicted octanol–water partition coefficient (Wildman–Crippen LogP) is 3.52. The number of aliphatic carboxylic acids is 1. The highest BCUT2D eigenvalue weighted by Crippen LogP contribution is 2.46. The molecule has 1 aromatic heterocycles.